The van der Waals surface area contributed by atoms with E-state index in [0.717, 1.165) is 12.8 Å². The van der Waals surface area contributed by atoms with Crippen molar-refractivity contribution in [3.63, 3.8) is 0 Å². The summed E-state index contributed by atoms with van der Waals surface area (Å²) in [6.45, 7) is 0. The topological polar surface area (TPSA) is 54.7 Å². The van der Waals surface area contributed by atoms with E-state index in [-0.39, 0.29) is 23.1 Å². The lowest BCUT2D eigenvalue weighted by molar-refractivity contribution is 0.0728. The van der Waals surface area contributed by atoms with Gasteiger partial charge in [0.2, 0.25) is 0 Å². The van der Waals surface area contributed by atoms with E-state index in [1.807, 2.05) is 12.1 Å². The van der Waals surface area contributed by atoms with Gasteiger partial charge in [0.25, 0.3) is 11.5 Å². The van der Waals surface area contributed by atoms with Crippen molar-refractivity contribution in [1.29, 1.82) is 0 Å². The molecule has 0 fully saturated rings. The molecule has 1 unspecified atom stereocenters. The van der Waals surface area contributed by atoms with Crippen LogP contribution in [0.5, 0.6) is 0 Å². The fourth-order valence-corrected chi connectivity index (χ4v) is 3.92. The molecule has 0 saturated carbocycles. The number of carbonyl (C=O) groups is 1. The fraction of sp³-hybridized carbons (Fsp3) is 0.235. The minimum absolute atomic E-state index is 0.0151. The van der Waals surface area contributed by atoms with Crippen molar-refractivity contribution in [3.05, 3.63) is 69.1 Å². The molecule has 1 amide bonds. The van der Waals surface area contributed by atoms with Crippen LogP contribution in [0.25, 0.3) is 4.96 Å². The summed E-state index contributed by atoms with van der Waals surface area (Å²) in [5.74, 6) is -0.273. The maximum Gasteiger partial charge on any atom is 0.271 e. The van der Waals surface area contributed by atoms with Crippen LogP contribution >= 0.6 is 11.3 Å². The Bertz CT molecular complexity index is 960. The smallest absolute Gasteiger partial charge is 0.271 e. The lowest BCUT2D eigenvalue weighted by atomic mass is 10.1. The van der Waals surface area contributed by atoms with E-state index in [2.05, 4.69) is 17.1 Å². The Morgan fingerprint density at radius 2 is 2.22 bits per heavy atom. The fourth-order valence-electron chi connectivity index (χ4n) is 3.24. The Balaban J connectivity index is 1.71. The average molecular weight is 325 g/mol. The second-order valence-corrected chi connectivity index (χ2v) is 6.57. The Labute approximate surface area is 136 Å². The summed E-state index contributed by atoms with van der Waals surface area (Å²) in [4.78, 5) is 31.8. The zero-order chi connectivity index (χ0) is 16.0. The third-order valence-corrected chi connectivity index (χ3v) is 5.23. The van der Waals surface area contributed by atoms with E-state index in [1.54, 1.807) is 23.5 Å². The Morgan fingerprint density at radius 1 is 1.39 bits per heavy atom. The van der Waals surface area contributed by atoms with E-state index >= 15 is 0 Å². The maximum absolute atomic E-state index is 12.8. The van der Waals surface area contributed by atoms with Gasteiger partial charge >= 0.3 is 0 Å². The molecule has 116 valence electrons. The first kappa shape index (κ1) is 14.1. The SMILES string of the molecule is CN(C(=O)c1cnc2sccn2c1=O)C1CCc2ccccc21. The molecule has 1 atom stereocenters. The first-order chi connectivity index (χ1) is 11.2. The number of amides is 1. The summed E-state index contributed by atoms with van der Waals surface area (Å²) in [7, 11) is 1.76. The van der Waals surface area contributed by atoms with Gasteiger partial charge in [-0.2, -0.15) is 0 Å². The van der Waals surface area contributed by atoms with Crippen LogP contribution in [0.3, 0.4) is 0 Å². The number of hydrogen-bond donors (Lipinski definition) is 0. The van der Waals surface area contributed by atoms with Gasteiger partial charge in [0, 0.05) is 24.8 Å². The van der Waals surface area contributed by atoms with Crippen LogP contribution in [0.15, 0.2) is 46.8 Å². The highest BCUT2D eigenvalue weighted by atomic mass is 32.1. The van der Waals surface area contributed by atoms with Gasteiger partial charge in [-0.05, 0) is 24.0 Å². The number of nitrogens with zero attached hydrogens (tertiary/aromatic N) is 3. The predicted molar refractivity (Wildman–Crippen MR) is 88.9 cm³/mol. The minimum atomic E-state index is -0.306. The monoisotopic (exact) mass is 325 g/mol. The molecule has 0 aliphatic heterocycles. The molecule has 0 spiro atoms. The highest BCUT2D eigenvalue weighted by molar-refractivity contribution is 7.15. The number of benzene rings is 1. The molecule has 23 heavy (non-hydrogen) atoms. The molecule has 5 nitrogen and oxygen atoms in total. The normalized spacial score (nSPS) is 16.5. The van der Waals surface area contributed by atoms with Gasteiger partial charge in [-0.15, -0.1) is 11.3 Å². The molecule has 6 heteroatoms. The van der Waals surface area contributed by atoms with E-state index in [1.165, 1.54) is 33.1 Å². The standard InChI is InChI=1S/C17H15N3O2S/c1-19(14-7-6-11-4-2-3-5-12(11)14)15(21)13-10-18-17-20(16(13)22)8-9-23-17/h2-5,8-10,14H,6-7H2,1H3. The van der Waals surface area contributed by atoms with Gasteiger partial charge in [0.05, 0.1) is 6.04 Å². The highest BCUT2D eigenvalue weighted by Crippen LogP contribution is 2.35. The molecule has 1 aliphatic rings. The van der Waals surface area contributed by atoms with Crippen molar-refractivity contribution in [2.45, 2.75) is 18.9 Å². The molecule has 1 aromatic carbocycles. The van der Waals surface area contributed by atoms with Crippen molar-refractivity contribution >= 4 is 22.2 Å². The maximum atomic E-state index is 12.8. The van der Waals surface area contributed by atoms with Crippen LogP contribution in [0, 0.1) is 0 Å². The van der Waals surface area contributed by atoms with Crippen molar-refractivity contribution in [1.82, 2.24) is 14.3 Å². The third-order valence-electron chi connectivity index (χ3n) is 4.46. The molecule has 2 heterocycles. The second kappa shape index (κ2) is 5.31. The van der Waals surface area contributed by atoms with Crippen molar-refractivity contribution in [3.8, 4) is 0 Å². The molecule has 0 N–H and O–H groups in total. The summed E-state index contributed by atoms with van der Waals surface area (Å²) in [6, 6.07) is 8.18. The summed E-state index contributed by atoms with van der Waals surface area (Å²) in [5, 5.41) is 1.79. The zero-order valence-electron chi connectivity index (χ0n) is 12.6. The molecule has 3 aromatic rings. The van der Waals surface area contributed by atoms with Gasteiger partial charge < -0.3 is 4.90 Å². The Kier molecular flexibility index (Phi) is 3.27. The molecule has 0 bridgehead atoms. The number of aryl methyl sites for hydroxylation is 1. The quantitative estimate of drug-likeness (QED) is 0.727. The number of carbonyl (C=O) groups excluding carboxylic acids is 1. The van der Waals surface area contributed by atoms with Crippen LogP contribution in [0.1, 0.15) is 33.9 Å². The third kappa shape index (κ3) is 2.17. The van der Waals surface area contributed by atoms with Gasteiger partial charge in [-0.3, -0.25) is 14.0 Å². The van der Waals surface area contributed by atoms with Crippen LogP contribution in [-0.4, -0.2) is 27.2 Å². The van der Waals surface area contributed by atoms with Gasteiger partial charge in [0.1, 0.15) is 5.56 Å². The van der Waals surface area contributed by atoms with Crippen molar-refractivity contribution in [2.24, 2.45) is 0 Å². The summed E-state index contributed by atoms with van der Waals surface area (Å²) in [5.41, 5.74) is 2.26. The largest absolute Gasteiger partial charge is 0.334 e. The van der Waals surface area contributed by atoms with E-state index in [4.69, 9.17) is 0 Å². The number of aromatic nitrogens is 2. The van der Waals surface area contributed by atoms with Gasteiger partial charge in [-0.1, -0.05) is 24.3 Å². The van der Waals surface area contributed by atoms with Gasteiger partial charge in [-0.25, -0.2) is 4.98 Å². The lowest BCUT2D eigenvalue weighted by Crippen LogP contribution is -2.35. The lowest BCUT2D eigenvalue weighted by Gasteiger charge is -2.25. The van der Waals surface area contributed by atoms with Crippen LogP contribution in [0.4, 0.5) is 0 Å². The number of rotatable bonds is 2. The van der Waals surface area contributed by atoms with Crippen LogP contribution in [-0.2, 0) is 6.42 Å². The average Bonchev–Trinajstić information content (AvgIpc) is 3.21. The van der Waals surface area contributed by atoms with Crippen molar-refractivity contribution in [2.75, 3.05) is 7.05 Å². The van der Waals surface area contributed by atoms with E-state index in [0.29, 0.717) is 4.96 Å². The zero-order valence-corrected chi connectivity index (χ0v) is 13.4. The van der Waals surface area contributed by atoms with Crippen LogP contribution in [0.2, 0.25) is 0 Å². The second-order valence-electron chi connectivity index (χ2n) is 5.70. The first-order valence-electron chi connectivity index (χ1n) is 7.46. The van der Waals surface area contributed by atoms with E-state index < -0.39 is 0 Å². The van der Waals surface area contributed by atoms with E-state index in [9.17, 15) is 9.59 Å². The highest BCUT2D eigenvalue weighted by Gasteiger charge is 2.30. The summed E-state index contributed by atoms with van der Waals surface area (Å²) >= 11 is 1.37. The minimum Gasteiger partial charge on any atom is -0.334 e. The molecular weight excluding hydrogens is 310 g/mol. The Morgan fingerprint density at radius 3 is 3.09 bits per heavy atom. The Hall–Kier alpha value is -2.47. The summed E-state index contributed by atoms with van der Waals surface area (Å²) < 4.78 is 1.42. The van der Waals surface area contributed by atoms with Gasteiger partial charge in [0.15, 0.2) is 4.96 Å². The molecule has 0 radical (unpaired) electrons. The number of fused-ring (bicyclic) bond motifs is 2. The first-order valence-corrected chi connectivity index (χ1v) is 8.34. The number of thiazole rings is 1. The number of hydrogen-bond acceptors (Lipinski definition) is 4. The summed E-state index contributed by atoms with van der Waals surface area (Å²) in [6.07, 6.45) is 4.89. The molecule has 0 saturated heterocycles. The predicted octanol–water partition coefficient (Wildman–Crippen LogP) is 2.52. The molecule has 1 aliphatic carbocycles. The molecule has 4 rings (SSSR count). The molecular formula is C17H15N3O2S. The molecule has 2 aromatic heterocycles. The van der Waals surface area contributed by atoms with Crippen LogP contribution < -0.4 is 5.56 Å². The van der Waals surface area contributed by atoms with Crippen molar-refractivity contribution < 1.29 is 4.79 Å².